The highest BCUT2D eigenvalue weighted by atomic mass is 16.4. The van der Waals surface area contributed by atoms with E-state index in [0.29, 0.717) is 12.6 Å². The molecular formula is C21H25N5O2. The lowest BCUT2D eigenvalue weighted by molar-refractivity contribution is 0.0687. The largest absolute Gasteiger partial charge is 0.476 e. The maximum absolute atomic E-state index is 11.6. The number of rotatable bonds is 6. The second-order valence-electron chi connectivity index (χ2n) is 7.32. The van der Waals surface area contributed by atoms with E-state index in [4.69, 9.17) is 0 Å². The normalized spacial score (nSPS) is 16.3. The van der Waals surface area contributed by atoms with Crippen molar-refractivity contribution in [2.75, 3.05) is 7.05 Å². The van der Waals surface area contributed by atoms with E-state index >= 15 is 0 Å². The van der Waals surface area contributed by atoms with Crippen molar-refractivity contribution in [2.45, 2.75) is 45.3 Å². The zero-order valence-corrected chi connectivity index (χ0v) is 16.2. The number of hydrogen-bond donors (Lipinski definition) is 1. The molecule has 0 bridgehead atoms. The number of carbonyl (C=O) groups is 1. The predicted molar refractivity (Wildman–Crippen MR) is 106 cm³/mol. The molecule has 1 aliphatic rings. The lowest BCUT2D eigenvalue weighted by Gasteiger charge is -2.31. The summed E-state index contributed by atoms with van der Waals surface area (Å²) >= 11 is 0. The number of aromatic nitrogens is 4. The van der Waals surface area contributed by atoms with E-state index < -0.39 is 5.97 Å². The summed E-state index contributed by atoms with van der Waals surface area (Å²) in [5.41, 5.74) is 4.49. The molecule has 3 aromatic rings. The number of carboxylic acids is 1. The van der Waals surface area contributed by atoms with E-state index in [2.05, 4.69) is 46.4 Å². The zero-order chi connectivity index (χ0) is 19.7. The lowest BCUT2D eigenvalue weighted by atomic mass is 9.90. The second-order valence-corrected chi connectivity index (χ2v) is 7.32. The minimum Gasteiger partial charge on any atom is -0.476 e. The van der Waals surface area contributed by atoms with Gasteiger partial charge in [-0.3, -0.25) is 9.58 Å². The highest BCUT2D eigenvalue weighted by Gasteiger charge is 2.30. The minimum atomic E-state index is -0.930. The Morgan fingerprint density at radius 1 is 1.32 bits per heavy atom. The van der Waals surface area contributed by atoms with Crippen molar-refractivity contribution >= 4 is 5.97 Å². The number of fused-ring (bicyclic) bond motifs is 1. The highest BCUT2D eigenvalue weighted by Crippen LogP contribution is 2.28. The van der Waals surface area contributed by atoms with Crippen LogP contribution in [0, 0.1) is 0 Å². The predicted octanol–water partition coefficient (Wildman–Crippen LogP) is 2.78. The first-order valence-corrected chi connectivity index (χ1v) is 9.68. The van der Waals surface area contributed by atoms with Gasteiger partial charge < -0.3 is 5.11 Å². The average Bonchev–Trinajstić information content (AvgIpc) is 3.36. The molecule has 0 spiro atoms. The molecule has 1 aromatic carbocycles. The summed E-state index contributed by atoms with van der Waals surface area (Å²) in [6, 6.07) is 10.6. The Morgan fingerprint density at radius 2 is 2.11 bits per heavy atom. The number of hydrogen-bond acceptors (Lipinski definition) is 4. The molecule has 146 valence electrons. The number of aromatic carboxylic acids is 1. The van der Waals surface area contributed by atoms with Gasteiger partial charge in [-0.25, -0.2) is 9.48 Å². The number of likely N-dealkylation sites (N-methyl/N-ethyl adjacent to an activating group) is 1. The van der Waals surface area contributed by atoms with E-state index in [-0.39, 0.29) is 5.69 Å². The van der Waals surface area contributed by atoms with Crippen molar-refractivity contribution in [3.8, 4) is 5.69 Å². The Labute approximate surface area is 164 Å². The summed E-state index contributed by atoms with van der Waals surface area (Å²) in [6.07, 6.45) is 6.32. The first-order chi connectivity index (χ1) is 13.6. The van der Waals surface area contributed by atoms with Gasteiger partial charge in [0.2, 0.25) is 0 Å². The van der Waals surface area contributed by atoms with Gasteiger partial charge in [0.1, 0.15) is 0 Å². The van der Waals surface area contributed by atoms with Crippen LogP contribution in [0.15, 0.2) is 42.7 Å². The molecule has 0 saturated heterocycles. The third kappa shape index (κ3) is 3.45. The van der Waals surface area contributed by atoms with Gasteiger partial charge >= 0.3 is 5.97 Å². The topological polar surface area (TPSA) is 76.2 Å². The van der Waals surface area contributed by atoms with Crippen LogP contribution in [0.3, 0.4) is 0 Å². The fraction of sp³-hybridized carbons (Fsp3) is 0.381. The number of carboxylic acid groups (broad SMARTS) is 1. The van der Waals surface area contributed by atoms with Gasteiger partial charge in [0, 0.05) is 42.8 Å². The van der Waals surface area contributed by atoms with Crippen molar-refractivity contribution in [2.24, 2.45) is 0 Å². The van der Waals surface area contributed by atoms with Crippen LogP contribution in [0.5, 0.6) is 0 Å². The quantitative estimate of drug-likeness (QED) is 0.713. The molecule has 0 fully saturated rings. The molecule has 28 heavy (non-hydrogen) atoms. The summed E-state index contributed by atoms with van der Waals surface area (Å²) in [7, 11) is 2.11. The molecule has 0 amide bonds. The van der Waals surface area contributed by atoms with Crippen LogP contribution in [0.2, 0.25) is 0 Å². The van der Waals surface area contributed by atoms with Gasteiger partial charge in [0.15, 0.2) is 5.69 Å². The van der Waals surface area contributed by atoms with Crippen molar-refractivity contribution < 1.29 is 9.90 Å². The standard InChI is InChI=1S/C21H25N5O2/c1-3-25-19-10-9-17(13-18(19)20(23-25)21(27)28)24(2)14-15-5-7-16(8-6-15)26-12-4-11-22-26/h4-8,11-12,17H,3,9-10,13-14H2,1-2H3,(H,27,28)/t17-/m1/s1. The lowest BCUT2D eigenvalue weighted by Crippen LogP contribution is -2.36. The van der Waals surface area contributed by atoms with E-state index in [1.54, 1.807) is 6.20 Å². The number of aryl methyl sites for hydroxylation is 1. The van der Waals surface area contributed by atoms with Crippen molar-refractivity contribution in [3.05, 3.63) is 65.2 Å². The van der Waals surface area contributed by atoms with Gasteiger partial charge in [-0.15, -0.1) is 0 Å². The van der Waals surface area contributed by atoms with E-state index in [1.165, 1.54) is 5.56 Å². The van der Waals surface area contributed by atoms with Crippen LogP contribution in [0.1, 0.15) is 40.7 Å². The molecule has 0 unspecified atom stereocenters. The fourth-order valence-electron chi connectivity index (χ4n) is 4.07. The number of nitrogens with zero attached hydrogens (tertiary/aromatic N) is 5. The highest BCUT2D eigenvalue weighted by molar-refractivity contribution is 5.87. The molecular weight excluding hydrogens is 354 g/mol. The monoisotopic (exact) mass is 379 g/mol. The summed E-state index contributed by atoms with van der Waals surface area (Å²) < 4.78 is 3.69. The van der Waals surface area contributed by atoms with Crippen LogP contribution in [0.4, 0.5) is 0 Å². The molecule has 4 rings (SSSR count). The van der Waals surface area contributed by atoms with Crippen LogP contribution in [0.25, 0.3) is 5.69 Å². The molecule has 0 radical (unpaired) electrons. The second kappa shape index (κ2) is 7.59. The van der Waals surface area contributed by atoms with Crippen LogP contribution in [-0.4, -0.2) is 48.6 Å². The van der Waals surface area contributed by atoms with Crippen molar-refractivity contribution in [3.63, 3.8) is 0 Å². The van der Waals surface area contributed by atoms with E-state index in [0.717, 1.165) is 42.8 Å². The van der Waals surface area contributed by atoms with Gasteiger partial charge in [-0.2, -0.15) is 10.2 Å². The smallest absolute Gasteiger partial charge is 0.356 e. The van der Waals surface area contributed by atoms with Gasteiger partial charge in [0.25, 0.3) is 0 Å². The van der Waals surface area contributed by atoms with Gasteiger partial charge in [-0.1, -0.05) is 12.1 Å². The molecule has 1 aliphatic carbocycles. The third-order valence-electron chi connectivity index (χ3n) is 5.58. The maximum Gasteiger partial charge on any atom is 0.356 e. The summed E-state index contributed by atoms with van der Waals surface area (Å²) in [6.45, 7) is 3.53. The fourth-order valence-corrected chi connectivity index (χ4v) is 4.07. The SMILES string of the molecule is CCn1nc(C(=O)O)c2c1CC[C@@H](N(C)Cc1ccc(-n3cccn3)cc1)C2. The number of benzene rings is 1. The summed E-state index contributed by atoms with van der Waals surface area (Å²) in [5.74, 6) is -0.930. The van der Waals surface area contributed by atoms with Crippen LogP contribution < -0.4 is 0 Å². The Bertz CT molecular complexity index is 960. The minimum absolute atomic E-state index is 0.221. The summed E-state index contributed by atoms with van der Waals surface area (Å²) in [4.78, 5) is 13.9. The Morgan fingerprint density at radius 3 is 2.75 bits per heavy atom. The zero-order valence-electron chi connectivity index (χ0n) is 16.2. The Balaban J connectivity index is 1.47. The molecule has 0 saturated carbocycles. The van der Waals surface area contributed by atoms with Crippen molar-refractivity contribution in [1.82, 2.24) is 24.5 Å². The van der Waals surface area contributed by atoms with Crippen LogP contribution in [-0.2, 0) is 25.9 Å². The molecule has 0 aliphatic heterocycles. The summed E-state index contributed by atoms with van der Waals surface area (Å²) in [5, 5.41) is 18.1. The van der Waals surface area contributed by atoms with Gasteiger partial charge in [-0.05, 0) is 57.0 Å². The van der Waals surface area contributed by atoms with E-state index in [1.807, 2.05) is 28.6 Å². The van der Waals surface area contributed by atoms with Crippen molar-refractivity contribution in [1.29, 1.82) is 0 Å². The molecule has 7 nitrogen and oxygen atoms in total. The molecule has 2 aromatic heterocycles. The molecule has 2 heterocycles. The average molecular weight is 379 g/mol. The maximum atomic E-state index is 11.6. The van der Waals surface area contributed by atoms with Crippen LogP contribution >= 0.6 is 0 Å². The molecule has 1 N–H and O–H groups in total. The first kappa shape index (κ1) is 18.4. The van der Waals surface area contributed by atoms with Gasteiger partial charge in [0.05, 0.1) is 5.69 Å². The molecule has 1 atom stereocenters. The Hall–Kier alpha value is -2.93. The first-order valence-electron chi connectivity index (χ1n) is 9.68. The third-order valence-corrected chi connectivity index (χ3v) is 5.58. The molecule has 7 heteroatoms. The Kier molecular flexibility index (Phi) is 5.00. The van der Waals surface area contributed by atoms with E-state index in [9.17, 15) is 9.90 Å².